The molecule has 0 aromatic carbocycles. The zero-order valence-corrected chi connectivity index (χ0v) is 8.66. The molecule has 0 saturated carbocycles. The van der Waals surface area contributed by atoms with Gasteiger partial charge in [-0.25, -0.2) is 0 Å². The van der Waals surface area contributed by atoms with Crippen LogP contribution in [0.25, 0.3) is 0 Å². The molecule has 4 heteroatoms. The van der Waals surface area contributed by atoms with Crippen LogP contribution in [0.15, 0.2) is 6.07 Å². The third kappa shape index (κ3) is 2.45. The highest BCUT2D eigenvalue weighted by Crippen LogP contribution is 2.13. The van der Waals surface area contributed by atoms with E-state index in [-0.39, 0.29) is 5.60 Å². The Morgan fingerprint density at radius 2 is 2.23 bits per heavy atom. The van der Waals surface area contributed by atoms with E-state index in [2.05, 4.69) is 5.10 Å². The Morgan fingerprint density at radius 1 is 1.62 bits per heavy atom. The van der Waals surface area contributed by atoms with Crippen molar-refractivity contribution < 1.29 is 4.74 Å². The Morgan fingerprint density at radius 3 is 2.62 bits per heavy atom. The number of methoxy groups -OCH3 is 1. The second-order valence-electron chi connectivity index (χ2n) is 3.83. The highest BCUT2D eigenvalue weighted by atomic mass is 16.5. The van der Waals surface area contributed by atoms with Crippen molar-refractivity contribution in [3.8, 4) is 0 Å². The molecular weight excluding hydrogens is 166 g/mol. The van der Waals surface area contributed by atoms with E-state index >= 15 is 0 Å². The first kappa shape index (κ1) is 10.1. The van der Waals surface area contributed by atoms with E-state index in [1.54, 1.807) is 7.11 Å². The van der Waals surface area contributed by atoms with Crippen LogP contribution >= 0.6 is 0 Å². The largest absolute Gasteiger partial charge is 0.382 e. The molecule has 0 unspecified atom stereocenters. The van der Waals surface area contributed by atoms with E-state index in [4.69, 9.17) is 10.5 Å². The highest BCUT2D eigenvalue weighted by Gasteiger charge is 2.18. The van der Waals surface area contributed by atoms with Crippen LogP contribution in [-0.2, 0) is 11.3 Å². The maximum atomic E-state index is 5.57. The molecule has 0 radical (unpaired) electrons. The molecule has 13 heavy (non-hydrogen) atoms. The van der Waals surface area contributed by atoms with Gasteiger partial charge in [-0.1, -0.05) is 0 Å². The van der Waals surface area contributed by atoms with Gasteiger partial charge in [-0.15, -0.1) is 0 Å². The quantitative estimate of drug-likeness (QED) is 0.766. The van der Waals surface area contributed by atoms with Crippen LogP contribution in [-0.4, -0.2) is 22.5 Å². The Bertz CT molecular complexity index is 291. The molecule has 1 heterocycles. The second-order valence-corrected chi connectivity index (χ2v) is 3.83. The molecule has 1 aromatic heterocycles. The van der Waals surface area contributed by atoms with Crippen LogP contribution in [0.1, 0.15) is 19.5 Å². The Hall–Kier alpha value is -1.03. The number of ether oxygens (including phenoxy) is 1. The molecule has 0 aliphatic carbocycles. The molecule has 0 bridgehead atoms. The summed E-state index contributed by atoms with van der Waals surface area (Å²) in [6, 6.07) is 1.85. The van der Waals surface area contributed by atoms with Crippen molar-refractivity contribution in [1.29, 1.82) is 0 Å². The van der Waals surface area contributed by atoms with Crippen LogP contribution in [0.2, 0.25) is 0 Å². The molecule has 0 saturated heterocycles. The molecule has 0 spiro atoms. The first-order valence-corrected chi connectivity index (χ1v) is 4.30. The Kier molecular flexibility index (Phi) is 2.61. The van der Waals surface area contributed by atoms with Gasteiger partial charge in [0.15, 0.2) is 0 Å². The number of nitrogen functional groups attached to an aromatic ring is 1. The van der Waals surface area contributed by atoms with Crippen molar-refractivity contribution in [2.24, 2.45) is 0 Å². The van der Waals surface area contributed by atoms with Crippen molar-refractivity contribution in [1.82, 2.24) is 9.78 Å². The van der Waals surface area contributed by atoms with Crippen molar-refractivity contribution in [2.45, 2.75) is 32.9 Å². The zero-order valence-electron chi connectivity index (χ0n) is 8.66. The van der Waals surface area contributed by atoms with Gasteiger partial charge in [0.1, 0.15) is 5.82 Å². The number of hydrogen-bond acceptors (Lipinski definition) is 3. The smallest absolute Gasteiger partial charge is 0.145 e. The summed E-state index contributed by atoms with van der Waals surface area (Å²) in [5, 5.41) is 4.16. The SMILES string of the molecule is COC(C)(C)Cn1nc(N)cc1C. The minimum atomic E-state index is -0.205. The highest BCUT2D eigenvalue weighted by molar-refractivity contribution is 5.28. The fraction of sp³-hybridized carbons (Fsp3) is 0.667. The van der Waals surface area contributed by atoms with E-state index in [1.807, 2.05) is 31.5 Å². The first-order valence-electron chi connectivity index (χ1n) is 4.30. The molecule has 0 atom stereocenters. The Balaban J connectivity index is 2.79. The molecule has 2 N–H and O–H groups in total. The van der Waals surface area contributed by atoms with Gasteiger partial charge in [0.2, 0.25) is 0 Å². The lowest BCUT2D eigenvalue weighted by Gasteiger charge is -2.23. The summed E-state index contributed by atoms with van der Waals surface area (Å²) in [5.41, 5.74) is 6.42. The molecular formula is C9H17N3O. The van der Waals surface area contributed by atoms with Crippen molar-refractivity contribution in [3.05, 3.63) is 11.8 Å². The average Bonchev–Trinajstić information content (AvgIpc) is 2.30. The van der Waals surface area contributed by atoms with E-state index in [9.17, 15) is 0 Å². The zero-order chi connectivity index (χ0) is 10.1. The summed E-state index contributed by atoms with van der Waals surface area (Å²) in [5.74, 6) is 0.560. The monoisotopic (exact) mass is 183 g/mol. The van der Waals surface area contributed by atoms with Crippen molar-refractivity contribution in [3.63, 3.8) is 0 Å². The van der Waals surface area contributed by atoms with Crippen LogP contribution < -0.4 is 5.73 Å². The predicted molar refractivity (Wildman–Crippen MR) is 52.5 cm³/mol. The normalized spacial score (nSPS) is 12.0. The molecule has 1 aromatic rings. The lowest BCUT2D eigenvalue weighted by molar-refractivity contribution is 0.00502. The van der Waals surface area contributed by atoms with E-state index < -0.39 is 0 Å². The molecule has 0 amide bonds. The van der Waals surface area contributed by atoms with Crippen LogP contribution in [0.3, 0.4) is 0 Å². The third-order valence-electron chi connectivity index (χ3n) is 2.08. The molecule has 0 fully saturated rings. The van der Waals surface area contributed by atoms with Gasteiger partial charge in [0.05, 0.1) is 12.1 Å². The minimum Gasteiger partial charge on any atom is -0.382 e. The fourth-order valence-electron chi connectivity index (χ4n) is 1.12. The summed E-state index contributed by atoms with van der Waals surface area (Å²) in [4.78, 5) is 0. The maximum absolute atomic E-state index is 5.57. The Labute approximate surface area is 78.7 Å². The number of nitrogens with two attached hydrogens (primary N) is 1. The average molecular weight is 183 g/mol. The van der Waals surface area contributed by atoms with E-state index in [1.165, 1.54) is 0 Å². The van der Waals surface area contributed by atoms with Crippen LogP contribution in [0, 0.1) is 6.92 Å². The van der Waals surface area contributed by atoms with Crippen LogP contribution in [0.5, 0.6) is 0 Å². The van der Waals surface area contributed by atoms with Gasteiger partial charge in [0.25, 0.3) is 0 Å². The third-order valence-corrected chi connectivity index (χ3v) is 2.08. The molecule has 0 aliphatic rings. The summed E-state index contributed by atoms with van der Waals surface area (Å²) < 4.78 is 7.16. The van der Waals surface area contributed by atoms with E-state index in [0.717, 1.165) is 5.69 Å². The second kappa shape index (κ2) is 3.38. The van der Waals surface area contributed by atoms with Gasteiger partial charge in [-0.3, -0.25) is 4.68 Å². The standard InChI is InChI=1S/C9H17N3O/c1-7-5-8(10)11-12(7)6-9(2,3)13-4/h5H,6H2,1-4H3,(H2,10,11). The number of nitrogens with zero attached hydrogens (tertiary/aromatic N) is 2. The number of aryl methyl sites for hydroxylation is 1. The minimum absolute atomic E-state index is 0.205. The summed E-state index contributed by atoms with van der Waals surface area (Å²) >= 11 is 0. The lowest BCUT2D eigenvalue weighted by Crippen LogP contribution is -2.30. The number of hydrogen-bond donors (Lipinski definition) is 1. The molecule has 0 aliphatic heterocycles. The van der Waals surface area contributed by atoms with Gasteiger partial charge >= 0.3 is 0 Å². The van der Waals surface area contributed by atoms with Gasteiger partial charge in [-0.05, 0) is 20.8 Å². The summed E-state index contributed by atoms with van der Waals surface area (Å²) in [7, 11) is 1.70. The number of aromatic nitrogens is 2. The topological polar surface area (TPSA) is 53.1 Å². The molecule has 4 nitrogen and oxygen atoms in total. The summed E-state index contributed by atoms with van der Waals surface area (Å²) in [6.45, 7) is 6.73. The van der Waals surface area contributed by atoms with Gasteiger partial charge in [-0.2, -0.15) is 5.10 Å². The predicted octanol–water partition coefficient (Wildman–Crippen LogP) is 1.20. The molecule has 1 rings (SSSR count). The first-order chi connectivity index (χ1) is 5.94. The molecule has 74 valence electrons. The summed E-state index contributed by atoms with van der Waals surface area (Å²) in [6.07, 6.45) is 0. The number of anilines is 1. The van der Waals surface area contributed by atoms with Gasteiger partial charge in [0, 0.05) is 18.9 Å². The van der Waals surface area contributed by atoms with E-state index in [0.29, 0.717) is 12.4 Å². The van der Waals surface area contributed by atoms with Gasteiger partial charge < -0.3 is 10.5 Å². The van der Waals surface area contributed by atoms with Crippen LogP contribution in [0.4, 0.5) is 5.82 Å². The maximum Gasteiger partial charge on any atom is 0.145 e. The van der Waals surface area contributed by atoms with Crippen molar-refractivity contribution in [2.75, 3.05) is 12.8 Å². The lowest BCUT2D eigenvalue weighted by atomic mass is 10.1. The number of rotatable bonds is 3. The van der Waals surface area contributed by atoms with Crippen molar-refractivity contribution >= 4 is 5.82 Å². The fourth-order valence-corrected chi connectivity index (χ4v) is 1.12.